The van der Waals surface area contributed by atoms with Crippen LogP contribution >= 0.6 is 12.2 Å². The maximum atomic E-state index is 5.75. The van der Waals surface area contributed by atoms with Crippen LogP contribution in [0, 0.1) is 0 Å². The second-order valence-corrected chi connectivity index (χ2v) is 7.21. The first kappa shape index (κ1) is 18.5. The molecular weight excluding hydrogens is 368 g/mol. The predicted molar refractivity (Wildman–Crippen MR) is 114 cm³/mol. The monoisotopic (exact) mass is 392 g/mol. The molecule has 6 heteroatoms. The molecule has 2 atom stereocenters. The number of methoxy groups -OCH3 is 1. The summed E-state index contributed by atoms with van der Waals surface area (Å²) in [6.45, 7) is 3.80. The SMILES string of the molecule is CCn1cccc1[C@@H]1[C@H](c2ccccn2)NC(=S)N1Cc1ccc(OC)cc1. The molecule has 3 heterocycles. The zero-order valence-electron chi connectivity index (χ0n) is 16.1. The van der Waals surface area contributed by atoms with Gasteiger partial charge in [-0.05, 0) is 61.1 Å². The van der Waals surface area contributed by atoms with Crippen LogP contribution in [0.3, 0.4) is 0 Å². The summed E-state index contributed by atoms with van der Waals surface area (Å²) in [5.74, 6) is 0.855. The first-order valence-electron chi connectivity index (χ1n) is 9.47. The molecule has 0 radical (unpaired) electrons. The van der Waals surface area contributed by atoms with E-state index in [1.165, 1.54) is 11.3 Å². The van der Waals surface area contributed by atoms with Gasteiger partial charge in [-0.1, -0.05) is 18.2 Å². The molecule has 5 nitrogen and oxygen atoms in total. The number of ether oxygens (including phenoxy) is 1. The van der Waals surface area contributed by atoms with Crippen molar-refractivity contribution in [3.63, 3.8) is 0 Å². The van der Waals surface area contributed by atoms with Crippen molar-refractivity contribution >= 4 is 17.3 Å². The van der Waals surface area contributed by atoms with Gasteiger partial charge in [0.1, 0.15) is 5.75 Å². The summed E-state index contributed by atoms with van der Waals surface area (Å²) < 4.78 is 7.56. The number of hydrogen-bond acceptors (Lipinski definition) is 3. The highest BCUT2D eigenvalue weighted by molar-refractivity contribution is 7.80. The van der Waals surface area contributed by atoms with Gasteiger partial charge in [0.05, 0.1) is 24.9 Å². The van der Waals surface area contributed by atoms with Crippen molar-refractivity contribution in [3.05, 3.63) is 83.9 Å². The minimum Gasteiger partial charge on any atom is -0.497 e. The van der Waals surface area contributed by atoms with Crippen LogP contribution in [0.4, 0.5) is 0 Å². The maximum absolute atomic E-state index is 5.75. The zero-order chi connectivity index (χ0) is 19.5. The van der Waals surface area contributed by atoms with Crippen LogP contribution in [0.15, 0.2) is 67.0 Å². The predicted octanol–water partition coefficient (Wildman–Crippen LogP) is 4.08. The topological polar surface area (TPSA) is 42.3 Å². The lowest BCUT2D eigenvalue weighted by Crippen LogP contribution is -2.30. The summed E-state index contributed by atoms with van der Waals surface area (Å²) in [5.41, 5.74) is 3.42. The molecule has 1 saturated heterocycles. The average molecular weight is 393 g/mol. The standard InChI is InChI=1S/C22H24N4OS/c1-3-25-14-6-8-19(25)21-20(18-7-4-5-13-23-18)24-22(28)26(21)15-16-9-11-17(27-2)12-10-16/h4-14,20-21H,3,15H2,1-2H3,(H,24,28)/t20-,21+/m0/s1. The Balaban J connectivity index is 1.71. The molecule has 28 heavy (non-hydrogen) atoms. The molecular formula is C22H24N4OS. The number of nitrogens with one attached hydrogen (secondary N) is 1. The molecule has 0 spiro atoms. The maximum Gasteiger partial charge on any atom is 0.170 e. The number of pyridine rings is 1. The van der Waals surface area contributed by atoms with E-state index in [0.29, 0.717) is 0 Å². The van der Waals surface area contributed by atoms with E-state index < -0.39 is 0 Å². The molecule has 144 valence electrons. The molecule has 0 unspecified atom stereocenters. The van der Waals surface area contributed by atoms with Crippen molar-refractivity contribution in [1.82, 2.24) is 19.8 Å². The largest absolute Gasteiger partial charge is 0.497 e. The van der Waals surface area contributed by atoms with Gasteiger partial charge >= 0.3 is 0 Å². The Morgan fingerprint density at radius 2 is 1.93 bits per heavy atom. The number of thiocarbonyl (C=S) groups is 1. The van der Waals surface area contributed by atoms with E-state index in [0.717, 1.165) is 29.6 Å². The van der Waals surface area contributed by atoms with Gasteiger partial charge in [0.15, 0.2) is 5.11 Å². The van der Waals surface area contributed by atoms with Crippen LogP contribution in [0.5, 0.6) is 5.75 Å². The van der Waals surface area contributed by atoms with Gasteiger partial charge in [0.2, 0.25) is 0 Å². The molecule has 1 aliphatic rings. The highest BCUT2D eigenvalue weighted by Crippen LogP contribution is 2.39. The second kappa shape index (κ2) is 8.02. The highest BCUT2D eigenvalue weighted by atomic mass is 32.1. The summed E-state index contributed by atoms with van der Waals surface area (Å²) in [6.07, 6.45) is 3.96. The van der Waals surface area contributed by atoms with Gasteiger partial charge in [0.25, 0.3) is 0 Å². The average Bonchev–Trinajstić information content (AvgIpc) is 3.33. The van der Waals surface area contributed by atoms with Gasteiger partial charge in [-0.25, -0.2) is 0 Å². The fourth-order valence-corrected chi connectivity index (χ4v) is 4.11. The Kier molecular flexibility index (Phi) is 5.30. The summed E-state index contributed by atoms with van der Waals surface area (Å²) in [5, 5.41) is 4.26. The van der Waals surface area contributed by atoms with Gasteiger partial charge in [-0.15, -0.1) is 0 Å². The highest BCUT2D eigenvalue weighted by Gasteiger charge is 2.40. The minimum atomic E-state index is 0.00662. The Morgan fingerprint density at radius 3 is 2.61 bits per heavy atom. The smallest absolute Gasteiger partial charge is 0.170 e. The normalized spacial score (nSPS) is 18.9. The number of hydrogen-bond donors (Lipinski definition) is 1. The van der Waals surface area contributed by atoms with Crippen LogP contribution in [0.1, 0.15) is 36.0 Å². The Morgan fingerprint density at radius 1 is 1.11 bits per heavy atom. The Bertz CT molecular complexity index is 939. The first-order valence-corrected chi connectivity index (χ1v) is 9.88. The van der Waals surface area contributed by atoms with Crippen molar-refractivity contribution < 1.29 is 4.74 Å². The number of benzene rings is 1. The first-order chi connectivity index (χ1) is 13.7. The summed E-state index contributed by atoms with van der Waals surface area (Å²) >= 11 is 5.75. The number of aromatic nitrogens is 2. The van der Waals surface area contributed by atoms with E-state index in [1.807, 2.05) is 30.5 Å². The zero-order valence-corrected chi connectivity index (χ0v) is 16.9. The summed E-state index contributed by atoms with van der Waals surface area (Å²) in [6, 6.07) is 18.5. The van der Waals surface area contributed by atoms with Gasteiger partial charge in [-0.3, -0.25) is 4.98 Å². The minimum absolute atomic E-state index is 0.00662. The molecule has 0 amide bonds. The third kappa shape index (κ3) is 3.47. The van der Waals surface area contributed by atoms with Crippen LogP contribution in [0.25, 0.3) is 0 Å². The third-order valence-corrected chi connectivity index (χ3v) is 5.57. The van der Waals surface area contributed by atoms with E-state index in [1.54, 1.807) is 7.11 Å². The second-order valence-electron chi connectivity index (χ2n) is 6.82. The van der Waals surface area contributed by atoms with E-state index in [9.17, 15) is 0 Å². The van der Waals surface area contributed by atoms with Crippen LogP contribution in [-0.4, -0.2) is 26.7 Å². The Labute approximate surface area is 171 Å². The third-order valence-electron chi connectivity index (χ3n) is 5.22. The molecule has 1 fully saturated rings. The lowest BCUT2D eigenvalue weighted by atomic mass is 10.0. The van der Waals surface area contributed by atoms with Crippen LogP contribution in [0.2, 0.25) is 0 Å². The van der Waals surface area contributed by atoms with Gasteiger partial charge in [0, 0.05) is 31.2 Å². The number of rotatable bonds is 6. The van der Waals surface area contributed by atoms with Crippen molar-refractivity contribution in [2.75, 3.05) is 7.11 Å². The van der Waals surface area contributed by atoms with Crippen molar-refractivity contribution in [3.8, 4) is 5.75 Å². The molecule has 1 aliphatic heterocycles. The molecule has 1 aromatic carbocycles. The van der Waals surface area contributed by atoms with E-state index in [4.69, 9.17) is 17.0 Å². The molecule has 0 saturated carbocycles. The van der Waals surface area contributed by atoms with Crippen molar-refractivity contribution in [2.24, 2.45) is 0 Å². The van der Waals surface area contributed by atoms with E-state index in [2.05, 4.69) is 63.2 Å². The summed E-state index contributed by atoms with van der Waals surface area (Å²) in [4.78, 5) is 6.86. The number of nitrogens with zero attached hydrogens (tertiary/aromatic N) is 3. The van der Waals surface area contributed by atoms with Gasteiger partial charge < -0.3 is 19.5 Å². The molecule has 1 N–H and O–H groups in total. The quantitative estimate of drug-likeness (QED) is 0.640. The molecule has 3 aromatic rings. The molecule has 2 aromatic heterocycles. The van der Waals surface area contributed by atoms with Crippen molar-refractivity contribution in [2.45, 2.75) is 32.1 Å². The van der Waals surface area contributed by atoms with E-state index in [-0.39, 0.29) is 12.1 Å². The van der Waals surface area contributed by atoms with E-state index >= 15 is 0 Å². The molecule has 0 aliphatic carbocycles. The Hall–Kier alpha value is -2.86. The lowest BCUT2D eigenvalue weighted by molar-refractivity contribution is 0.297. The fraction of sp³-hybridized carbons (Fsp3) is 0.273. The van der Waals surface area contributed by atoms with Crippen LogP contribution < -0.4 is 10.1 Å². The molecule has 4 rings (SSSR count). The number of aryl methyl sites for hydroxylation is 1. The lowest BCUT2D eigenvalue weighted by Gasteiger charge is -2.29. The summed E-state index contributed by atoms with van der Waals surface area (Å²) in [7, 11) is 1.68. The fourth-order valence-electron chi connectivity index (χ4n) is 3.81. The molecule has 0 bridgehead atoms. The van der Waals surface area contributed by atoms with Gasteiger partial charge in [-0.2, -0.15) is 0 Å². The van der Waals surface area contributed by atoms with Crippen molar-refractivity contribution in [1.29, 1.82) is 0 Å². The van der Waals surface area contributed by atoms with Crippen LogP contribution in [-0.2, 0) is 13.1 Å².